The number of ether oxygens (including phenoxy) is 2. The zero-order valence-electron chi connectivity index (χ0n) is 13.3. The zero-order valence-corrected chi connectivity index (χ0v) is 14.1. The maximum absolute atomic E-state index is 13.3. The Balaban J connectivity index is 0.00000420. The number of halogens is 11. The molecule has 0 heterocycles. The minimum atomic E-state index is -2.48. The number of hydrogen-bond donors (Lipinski definition) is 0. The molecule has 0 saturated carbocycles. The average molecular weight is 459 g/mol. The Morgan fingerprint density at radius 3 is 0.931 bits per heavy atom. The van der Waals surface area contributed by atoms with Gasteiger partial charge in [-0.1, -0.05) is 0 Å². The van der Waals surface area contributed by atoms with Crippen LogP contribution in [0.15, 0.2) is 0 Å². The van der Waals surface area contributed by atoms with E-state index in [0.29, 0.717) is 0 Å². The van der Waals surface area contributed by atoms with Crippen molar-refractivity contribution in [1.82, 2.24) is 0 Å². The molecule has 0 unspecified atom stereocenters. The molecular formula is C15H5ClF10O3. The minimum Gasteiger partial charge on any atom is -0.479 e. The summed E-state index contributed by atoms with van der Waals surface area (Å²) in [5, 5.41) is 0. The topological polar surface area (TPSA) is 35.5 Å². The van der Waals surface area contributed by atoms with Crippen molar-refractivity contribution in [3.63, 3.8) is 0 Å². The molecule has 0 aromatic heterocycles. The summed E-state index contributed by atoms with van der Waals surface area (Å²) in [7, 11) is 0. The van der Waals surface area contributed by atoms with Crippen LogP contribution in [0.25, 0.3) is 0 Å². The summed E-state index contributed by atoms with van der Waals surface area (Å²) in [6.45, 7) is -2.85. The van der Waals surface area contributed by atoms with Gasteiger partial charge in [0.2, 0.25) is 64.0 Å². The van der Waals surface area contributed by atoms with Gasteiger partial charge in [-0.3, -0.25) is 4.79 Å². The Labute approximate surface area is 160 Å². The van der Waals surface area contributed by atoms with Gasteiger partial charge in [0.15, 0.2) is 24.7 Å². The van der Waals surface area contributed by atoms with Crippen molar-refractivity contribution in [2.75, 3.05) is 13.2 Å². The van der Waals surface area contributed by atoms with Gasteiger partial charge in [-0.05, 0) is 0 Å². The second kappa shape index (κ2) is 9.20. The third kappa shape index (κ3) is 4.49. The Bertz CT molecular complexity index is 833. The number of rotatable bonds is 6. The summed E-state index contributed by atoms with van der Waals surface area (Å²) in [5.41, 5.74) is 0. The molecule has 2 aromatic rings. The standard InChI is InChI=1S/C15H4F10O3.ClH/c16-4-6(18)10(22)14(11(23)7(4)19)27-1-3(26)2-28-15-12(24)8(20)5(17)9(21)13(15)25;/h1-2H2;1H. The largest absolute Gasteiger partial charge is 0.479 e. The van der Waals surface area contributed by atoms with Gasteiger partial charge in [0.25, 0.3) is 0 Å². The van der Waals surface area contributed by atoms with Gasteiger partial charge in [0.1, 0.15) is 0 Å². The van der Waals surface area contributed by atoms with E-state index in [0.717, 1.165) is 0 Å². The van der Waals surface area contributed by atoms with Crippen LogP contribution in [0.4, 0.5) is 43.9 Å². The Morgan fingerprint density at radius 2 is 0.690 bits per heavy atom. The minimum absolute atomic E-state index is 0. The molecule has 2 rings (SSSR count). The fourth-order valence-electron chi connectivity index (χ4n) is 1.77. The Hall–Kier alpha value is -2.70. The van der Waals surface area contributed by atoms with E-state index in [4.69, 9.17) is 0 Å². The number of hydrogen-bond acceptors (Lipinski definition) is 3. The van der Waals surface area contributed by atoms with E-state index in [2.05, 4.69) is 9.47 Å². The van der Waals surface area contributed by atoms with Crippen molar-refractivity contribution >= 4 is 18.2 Å². The van der Waals surface area contributed by atoms with Crippen molar-refractivity contribution in [3.8, 4) is 11.5 Å². The molecule has 0 N–H and O–H groups in total. The van der Waals surface area contributed by atoms with E-state index in [-0.39, 0.29) is 12.4 Å². The second-order valence-corrected chi connectivity index (χ2v) is 4.91. The molecule has 0 atom stereocenters. The van der Waals surface area contributed by atoms with Crippen LogP contribution in [0.5, 0.6) is 11.5 Å². The molecule has 0 fully saturated rings. The Morgan fingerprint density at radius 1 is 0.483 bits per heavy atom. The molecule has 3 nitrogen and oxygen atoms in total. The molecule has 160 valence electrons. The van der Waals surface area contributed by atoms with Gasteiger partial charge in [-0.25, -0.2) is 26.3 Å². The molecular weight excluding hydrogens is 454 g/mol. The first-order valence-electron chi connectivity index (χ1n) is 6.79. The number of carbonyl (C=O) groups excluding carboxylic acids is 1. The maximum atomic E-state index is 13.3. The van der Waals surface area contributed by atoms with Crippen molar-refractivity contribution in [3.05, 3.63) is 58.2 Å². The summed E-state index contributed by atoms with van der Waals surface area (Å²) < 4.78 is 139. The monoisotopic (exact) mass is 458 g/mol. The normalized spacial score (nSPS) is 10.6. The molecule has 2 aromatic carbocycles. The lowest BCUT2D eigenvalue weighted by molar-refractivity contribution is -0.123. The van der Waals surface area contributed by atoms with Crippen molar-refractivity contribution < 1.29 is 58.2 Å². The zero-order chi connectivity index (χ0) is 21.3. The highest BCUT2D eigenvalue weighted by atomic mass is 35.5. The predicted molar refractivity (Wildman–Crippen MR) is 75.7 cm³/mol. The Kier molecular flexibility index (Phi) is 7.72. The molecule has 0 amide bonds. The fraction of sp³-hybridized carbons (Fsp3) is 0.133. The van der Waals surface area contributed by atoms with Gasteiger partial charge in [-0.15, -0.1) is 12.4 Å². The summed E-state index contributed by atoms with van der Waals surface area (Å²) in [6.07, 6.45) is 0. The molecule has 14 heteroatoms. The number of Topliss-reactive ketones (excluding diaryl/α,β-unsaturated/α-hetero) is 1. The van der Waals surface area contributed by atoms with Crippen LogP contribution in [0.3, 0.4) is 0 Å². The maximum Gasteiger partial charge on any atom is 0.207 e. The van der Waals surface area contributed by atoms with Gasteiger partial charge in [0, 0.05) is 0 Å². The van der Waals surface area contributed by atoms with Crippen LogP contribution in [-0.4, -0.2) is 19.0 Å². The molecule has 0 spiro atoms. The lowest BCUT2D eigenvalue weighted by Crippen LogP contribution is -2.21. The number of ketones is 1. The fourth-order valence-corrected chi connectivity index (χ4v) is 1.77. The lowest BCUT2D eigenvalue weighted by atomic mass is 10.2. The van der Waals surface area contributed by atoms with Crippen LogP contribution in [0, 0.1) is 58.2 Å². The lowest BCUT2D eigenvalue weighted by Gasteiger charge is -2.11. The summed E-state index contributed by atoms with van der Waals surface area (Å²) in [4.78, 5) is 11.4. The van der Waals surface area contributed by atoms with Gasteiger partial charge in [-0.2, -0.15) is 17.6 Å². The molecule has 29 heavy (non-hydrogen) atoms. The van der Waals surface area contributed by atoms with Crippen LogP contribution in [-0.2, 0) is 4.79 Å². The van der Waals surface area contributed by atoms with E-state index >= 15 is 0 Å². The van der Waals surface area contributed by atoms with Crippen LogP contribution in [0.2, 0.25) is 0 Å². The predicted octanol–water partition coefficient (Wildman–Crippen LogP) is 4.53. The van der Waals surface area contributed by atoms with Gasteiger partial charge >= 0.3 is 0 Å². The highest BCUT2D eigenvalue weighted by Gasteiger charge is 2.29. The van der Waals surface area contributed by atoms with E-state index in [1.807, 2.05) is 0 Å². The molecule has 0 aliphatic heterocycles. The first kappa shape index (κ1) is 24.3. The second-order valence-electron chi connectivity index (χ2n) is 4.91. The smallest absolute Gasteiger partial charge is 0.207 e. The number of carbonyl (C=O) groups is 1. The quantitative estimate of drug-likeness (QED) is 0.363. The van der Waals surface area contributed by atoms with E-state index in [1.165, 1.54) is 0 Å². The molecule has 0 bridgehead atoms. The van der Waals surface area contributed by atoms with Gasteiger partial charge < -0.3 is 9.47 Å². The SMILES string of the molecule is Cl.O=C(COc1c(F)c(F)c(F)c(F)c1F)COc1c(F)c(F)c(F)c(F)c1F. The molecule has 0 aliphatic carbocycles. The summed E-state index contributed by atoms with van der Waals surface area (Å²) in [5.74, 6) is -29.1. The van der Waals surface area contributed by atoms with E-state index in [1.54, 1.807) is 0 Å². The third-order valence-corrected chi connectivity index (χ3v) is 3.09. The highest BCUT2D eigenvalue weighted by Crippen LogP contribution is 2.30. The first-order valence-corrected chi connectivity index (χ1v) is 6.79. The van der Waals surface area contributed by atoms with Crippen molar-refractivity contribution in [2.24, 2.45) is 0 Å². The summed E-state index contributed by atoms with van der Waals surface area (Å²) >= 11 is 0. The summed E-state index contributed by atoms with van der Waals surface area (Å²) in [6, 6.07) is 0. The van der Waals surface area contributed by atoms with Crippen LogP contribution >= 0.6 is 12.4 Å². The van der Waals surface area contributed by atoms with Crippen molar-refractivity contribution in [1.29, 1.82) is 0 Å². The third-order valence-electron chi connectivity index (χ3n) is 3.09. The first-order chi connectivity index (χ1) is 13.0. The number of benzene rings is 2. The molecule has 0 aliphatic rings. The highest BCUT2D eigenvalue weighted by molar-refractivity contribution is 5.85. The molecule has 0 radical (unpaired) electrons. The molecule has 0 saturated heterocycles. The van der Waals surface area contributed by atoms with Crippen LogP contribution < -0.4 is 9.47 Å². The van der Waals surface area contributed by atoms with E-state index < -0.39 is 88.7 Å². The average Bonchev–Trinajstić information content (AvgIpc) is 2.67. The van der Waals surface area contributed by atoms with Crippen molar-refractivity contribution in [2.45, 2.75) is 0 Å². The van der Waals surface area contributed by atoms with Gasteiger partial charge in [0.05, 0.1) is 0 Å². The van der Waals surface area contributed by atoms with E-state index in [9.17, 15) is 48.7 Å². The van der Waals surface area contributed by atoms with Crippen LogP contribution in [0.1, 0.15) is 0 Å².